The number of esters is 1. The molecule has 11 heteroatoms. The van der Waals surface area contributed by atoms with Crippen LogP contribution in [0, 0.1) is 0 Å². The number of rotatable bonds is 7. The molecule has 1 aromatic heterocycles. The Kier molecular flexibility index (Phi) is 7.08. The van der Waals surface area contributed by atoms with Crippen molar-refractivity contribution in [3.63, 3.8) is 0 Å². The van der Waals surface area contributed by atoms with E-state index in [1.165, 1.54) is 33.8 Å². The van der Waals surface area contributed by atoms with Gasteiger partial charge in [0, 0.05) is 24.0 Å². The van der Waals surface area contributed by atoms with Crippen LogP contribution in [0.25, 0.3) is 11.3 Å². The first-order valence-electron chi connectivity index (χ1n) is 10.1. The maximum absolute atomic E-state index is 12.8. The van der Waals surface area contributed by atoms with Gasteiger partial charge in [-0.15, -0.1) is 11.3 Å². The highest BCUT2D eigenvalue weighted by Gasteiger charge is 2.30. The quantitative estimate of drug-likeness (QED) is 0.486. The topological polar surface area (TPSA) is 106 Å². The van der Waals surface area contributed by atoms with Gasteiger partial charge in [-0.3, -0.25) is 10.1 Å². The molecule has 0 unspecified atom stereocenters. The summed E-state index contributed by atoms with van der Waals surface area (Å²) in [5, 5.41) is 4.80. The van der Waals surface area contributed by atoms with Crippen molar-refractivity contribution in [1.29, 1.82) is 0 Å². The number of halogens is 1. The number of nitrogens with one attached hydrogen (secondary N) is 1. The van der Waals surface area contributed by atoms with Crippen LogP contribution in [0.1, 0.15) is 23.2 Å². The van der Waals surface area contributed by atoms with Gasteiger partial charge in [0.1, 0.15) is 4.90 Å². The van der Waals surface area contributed by atoms with Crippen LogP contribution in [-0.2, 0) is 19.6 Å². The minimum Gasteiger partial charge on any atom is -0.452 e. The third kappa shape index (κ3) is 5.41. The largest absolute Gasteiger partial charge is 0.452 e. The van der Waals surface area contributed by atoms with E-state index in [-0.39, 0.29) is 15.5 Å². The molecule has 1 fully saturated rings. The fourth-order valence-electron chi connectivity index (χ4n) is 3.34. The lowest BCUT2D eigenvalue weighted by molar-refractivity contribution is -0.119. The second-order valence-corrected chi connectivity index (χ2v) is 10.5. The Morgan fingerprint density at radius 2 is 1.85 bits per heavy atom. The van der Waals surface area contributed by atoms with E-state index in [1.54, 1.807) is 0 Å². The summed E-state index contributed by atoms with van der Waals surface area (Å²) in [6.45, 7) is 0.280. The van der Waals surface area contributed by atoms with E-state index in [0.29, 0.717) is 18.2 Å². The van der Waals surface area contributed by atoms with E-state index in [4.69, 9.17) is 16.3 Å². The summed E-state index contributed by atoms with van der Waals surface area (Å²) in [7, 11) is -3.81. The van der Waals surface area contributed by atoms with Gasteiger partial charge in [0.25, 0.3) is 5.91 Å². The second kappa shape index (κ2) is 10.0. The molecule has 2 heterocycles. The van der Waals surface area contributed by atoms with Crippen molar-refractivity contribution >= 4 is 50.0 Å². The van der Waals surface area contributed by atoms with Gasteiger partial charge < -0.3 is 4.74 Å². The smallest absolute Gasteiger partial charge is 0.338 e. The van der Waals surface area contributed by atoms with E-state index in [1.807, 2.05) is 35.7 Å². The molecule has 0 saturated carbocycles. The Morgan fingerprint density at radius 3 is 2.58 bits per heavy atom. The number of nitrogens with zero attached hydrogens (tertiary/aromatic N) is 2. The monoisotopic (exact) mass is 505 g/mol. The molecule has 172 valence electrons. The van der Waals surface area contributed by atoms with Gasteiger partial charge in [0.2, 0.25) is 10.0 Å². The summed E-state index contributed by atoms with van der Waals surface area (Å²) in [4.78, 5) is 28.8. The van der Waals surface area contributed by atoms with Gasteiger partial charge in [-0.05, 0) is 31.0 Å². The summed E-state index contributed by atoms with van der Waals surface area (Å²) in [5.41, 5.74) is 1.63. The standard InChI is InChI=1S/C22H20ClN3O5S2/c23-17-9-8-16(12-19(17)33(29,30)26-10-4-5-11-26)21(28)31-13-20(27)25-22-24-18(14-32-22)15-6-2-1-3-7-15/h1-3,6-9,12,14H,4-5,10-11,13H2,(H,24,25,27). The fraction of sp³-hybridized carbons (Fsp3) is 0.227. The van der Waals surface area contributed by atoms with Crippen molar-refractivity contribution in [3.8, 4) is 11.3 Å². The van der Waals surface area contributed by atoms with Crippen LogP contribution in [0.4, 0.5) is 5.13 Å². The molecule has 0 radical (unpaired) electrons. The average Bonchev–Trinajstić information content (AvgIpc) is 3.51. The number of hydrogen-bond donors (Lipinski definition) is 1. The average molecular weight is 506 g/mol. The molecule has 0 spiro atoms. The number of thiazole rings is 1. The highest BCUT2D eigenvalue weighted by Crippen LogP contribution is 2.28. The van der Waals surface area contributed by atoms with E-state index >= 15 is 0 Å². The molecule has 0 atom stereocenters. The van der Waals surface area contributed by atoms with Gasteiger partial charge in [-0.2, -0.15) is 4.31 Å². The number of carbonyl (C=O) groups excluding carboxylic acids is 2. The minimum absolute atomic E-state index is 0.00872. The van der Waals surface area contributed by atoms with Crippen LogP contribution in [0.2, 0.25) is 5.02 Å². The van der Waals surface area contributed by atoms with Gasteiger partial charge in [-0.1, -0.05) is 41.9 Å². The van der Waals surface area contributed by atoms with E-state index in [0.717, 1.165) is 24.1 Å². The maximum Gasteiger partial charge on any atom is 0.338 e. The van der Waals surface area contributed by atoms with Crippen LogP contribution in [-0.4, -0.2) is 49.3 Å². The Hall–Kier alpha value is -2.79. The first kappa shape index (κ1) is 23.4. The number of benzene rings is 2. The Balaban J connectivity index is 1.38. The highest BCUT2D eigenvalue weighted by molar-refractivity contribution is 7.89. The molecule has 1 aliphatic rings. The first-order chi connectivity index (χ1) is 15.8. The molecule has 0 aliphatic carbocycles. The van der Waals surface area contributed by atoms with Crippen molar-refractivity contribution in [1.82, 2.24) is 9.29 Å². The van der Waals surface area contributed by atoms with Gasteiger partial charge in [0.05, 0.1) is 16.3 Å². The SMILES string of the molecule is O=C(COC(=O)c1ccc(Cl)c(S(=O)(=O)N2CCCC2)c1)Nc1nc(-c2ccccc2)cs1. The Bertz CT molecular complexity index is 1270. The molecule has 1 amide bonds. The summed E-state index contributed by atoms with van der Waals surface area (Å²) in [6.07, 6.45) is 1.55. The lowest BCUT2D eigenvalue weighted by Gasteiger charge is -2.17. The maximum atomic E-state index is 12.8. The highest BCUT2D eigenvalue weighted by atomic mass is 35.5. The predicted octanol–water partition coefficient (Wildman–Crippen LogP) is 4.04. The van der Waals surface area contributed by atoms with Crippen molar-refractivity contribution < 1.29 is 22.7 Å². The Morgan fingerprint density at radius 1 is 1.12 bits per heavy atom. The summed E-state index contributed by atoms with van der Waals surface area (Å²) < 4.78 is 32.0. The van der Waals surface area contributed by atoms with Crippen LogP contribution < -0.4 is 5.32 Å². The van der Waals surface area contributed by atoms with Crippen molar-refractivity contribution in [3.05, 3.63) is 64.5 Å². The third-order valence-corrected chi connectivity index (χ3v) is 8.14. The van der Waals surface area contributed by atoms with E-state index in [2.05, 4.69) is 10.3 Å². The molecule has 1 saturated heterocycles. The third-order valence-electron chi connectivity index (χ3n) is 5.00. The molecule has 2 aromatic carbocycles. The van der Waals surface area contributed by atoms with Gasteiger partial charge in [0.15, 0.2) is 11.7 Å². The number of hydrogen-bond acceptors (Lipinski definition) is 7. The Labute approximate surface area is 200 Å². The van der Waals surface area contributed by atoms with E-state index in [9.17, 15) is 18.0 Å². The molecule has 3 aromatic rings. The lowest BCUT2D eigenvalue weighted by Crippen LogP contribution is -2.28. The molecule has 0 bridgehead atoms. The molecule has 8 nitrogen and oxygen atoms in total. The van der Waals surface area contributed by atoms with Crippen LogP contribution >= 0.6 is 22.9 Å². The molecular formula is C22H20ClN3O5S2. The van der Waals surface area contributed by atoms with E-state index < -0.39 is 28.5 Å². The number of sulfonamides is 1. The lowest BCUT2D eigenvalue weighted by atomic mass is 10.2. The van der Waals surface area contributed by atoms with Crippen LogP contribution in [0.3, 0.4) is 0 Å². The van der Waals surface area contributed by atoms with Crippen LogP contribution in [0.5, 0.6) is 0 Å². The normalized spacial score (nSPS) is 14.2. The summed E-state index contributed by atoms with van der Waals surface area (Å²) in [5.74, 6) is -1.39. The zero-order chi connectivity index (χ0) is 23.4. The zero-order valence-corrected chi connectivity index (χ0v) is 19.8. The van der Waals surface area contributed by atoms with Crippen LogP contribution in [0.15, 0.2) is 58.8 Å². The number of carbonyl (C=O) groups is 2. The summed E-state index contributed by atoms with van der Waals surface area (Å²) in [6, 6.07) is 13.4. The molecule has 1 aliphatic heterocycles. The molecule has 4 rings (SSSR count). The number of aromatic nitrogens is 1. The molecule has 33 heavy (non-hydrogen) atoms. The van der Waals surface area contributed by atoms with Crippen molar-refractivity contribution in [2.24, 2.45) is 0 Å². The molecule has 1 N–H and O–H groups in total. The second-order valence-electron chi connectivity index (χ2n) is 7.28. The fourth-order valence-corrected chi connectivity index (χ4v) is 6.09. The summed E-state index contributed by atoms with van der Waals surface area (Å²) >= 11 is 7.35. The minimum atomic E-state index is -3.81. The van der Waals surface area contributed by atoms with Crippen molar-refractivity contribution in [2.75, 3.05) is 25.0 Å². The predicted molar refractivity (Wildman–Crippen MR) is 126 cm³/mol. The van der Waals surface area contributed by atoms with Gasteiger partial charge >= 0.3 is 5.97 Å². The van der Waals surface area contributed by atoms with Crippen molar-refractivity contribution in [2.45, 2.75) is 17.7 Å². The first-order valence-corrected chi connectivity index (χ1v) is 12.8. The number of amides is 1. The number of ether oxygens (including phenoxy) is 1. The zero-order valence-electron chi connectivity index (χ0n) is 17.4. The van der Waals surface area contributed by atoms with Gasteiger partial charge in [-0.25, -0.2) is 18.2 Å². The molecular weight excluding hydrogens is 486 g/mol. The number of anilines is 1.